The van der Waals surface area contributed by atoms with Crippen LogP contribution in [0.4, 0.5) is 0 Å². The summed E-state index contributed by atoms with van der Waals surface area (Å²) in [5.41, 5.74) is 0. The number of aliphatic hydroxyl groups is 1. The number of aliphatic hydroxyl groups excluding tert-OH is 1. The van der Waals surface area contributed by atoms with Gasteiger partial charge in [0.1, 0.15) is 11.9 Å². The third kappa shape index (κ3) is 4.39. The molecule has 0 aromatic rings. The first-order chi connectivity index (χ1) is 5.22. The maximum atomic E-state index is 8.97. The molecular weight excluding hydrogens is 140 g/mol. The summed E-state index contributed by atoms with van der Waals surface area (Å²) in [5, 5.41) is 8.97. The van der Waals surface area contributed by atoms with Crippen LogP contribution in [0.5, 0.6) is 0 Å². The Balaban J connectivity index is 3.77. The lowest BCUT2D eigenvalue weighted by molar-refractivity contribution is 0.0712. The largest absolute Gasteiger partial charge is 0.510 e. The quantitative estimate of drug-likeness (QED) is 0.469. The average Bonchev–Trinajstić information content (AvgIpc) is 1.97. The molecule has 62 valence electrons. The van der Waals surface area contributed by atoms with E-state index >= 15 is 0 Å². The van der Waals surface area contributed by atoms with Crippen LogP contribution in [0.2, 0.25) is 0 Å². The smallest absolute Gasteiger partial charge is 0.117 e. The topological polar surface area (TPSA) is 29.5 Å². The van der Waals surface area contributed by atoms with Gasteiger partial charge in [-0.1, -0.05) is 18.7 Å². The Kier molecular flexibility index (Phi) is 5.21. The molecule has 11 heavy (non-hydrogen) atoms. The summed E-state index contributed by atoms with van der Waals surface area (Å²) < 4.78 is 5.15. The van der Waals surface area contributed by atoms with E-state index in [2.05, 4.69) is 19.7 Å². The van der Waals surface area contributed by atoms with Gasteiger partial charge >= 0.3 is 0 Å². The molecule has 2 heteroatoms. The molecule has 0 heterocycles. The fraction of sp³-hybridized carbons (Fsp3) is 0.333. The highest BCUT2D eigenvalue weighted by atomic mass is 16.5. The Bertz CT molecular complexity index is 150. The minimum atomic E-state index is -0.342. The van der Waals surface area contributed by atoms with Gasteiger partial charge < -0.3 is 9.84 Å². The molecule has 0 aromatic carbocycles. The van der Waals surface area contributed by atoms with E-state index in [1.807, 2.05) is 0 Å². The lowest BCUT2D eigenvalue weighted by Gasteiger charge is -2.12. The van der Waals surface area contributed by atoms with E-state index in [0.717, 1.165) is 0 Å². The normalized spacial score (nSPS) is 12.0. The predicted octanol–water partition coefficient (Wildman–Crippen LogP) is 2.21. The lowest BCUT2D eigenvalue weighted by Crippen LogP contribution is -2.14. The molecule has 0 bridgehead atoms. The van der Waals surface area contributed by atoms with E-state index in [-0.39, 0.29) is 11.9 Å². The zero-order valence-electron chi connectivity index (χ0n) is 6.62. The van der Waals surface area contributed by atoms with Crippen molar-refractivity contribution in [2.24, 2.45) is 0 Å². The monoisotopic (exact) mass is 154 g/mol. The highest BCUT2D eigenvalue weighted by Gasteiger charge is 2.08. The first-order valence-corrected chi connectivity index (χ1v) is 3.43. The van der Waals surface area contributed by atoms with Crippen LogP contribution in [0.15, 0.2) is 37.6 Å². The molecule has 0 amide bonds. The van der Waals surface area contributed by atoms with E-state index < -0.39 is 0 Å². The SMILES string of the molecule is C=CCOC(CC=C)C(=C)O. The van der Waals surface area contributed by atoms with E-state index in [1.54, 1.807) is 12.2 Å². The Morgan fingerprint density at radius 2 is 2.09 bits per heavy atom. The zero-order chi connectivity index (χ0) is 8.69. The maximum absolute atomic E-state index is 8.97. The Morgan fingerprint density at radius 3 is 2.45 bits per heavy atom. The van der Waals surface area contributed by atoms with E-state index in [9.17, 15) is 0 Å². The van der Waals surface area contributed by atoms with Gasteiger partial charge in [-0.3, -0.25) is 0 Å². The van der Waals surface area contributed by atoms with Gasteiger partial charge in [0.15, 0.2) is 0 Å². The van der Waals surface area contributed by atoms with Gasteiger partial charge in [-0.05, 0) is 6.42 Å². The molecule has 2 nitrogen and oxygen atoms in total. The van der Waals surface area contributed by atoms with Gasteiger partial charge in [-0.25, -0.2) is 0 Å². The minimum absolute atomic E-state index is 0.0340. The fourth-order valence-electron chi connectivity index (χ4n) is 0.636. The van der Waals surface area contributed by atoms with Crippen molar-refractivity contribution >= 4 is 0 Å². The number of hydrogen-bond donors (Lipinski definition) is 1. The van der Waals surface area contributed by atoms with Crippen molar-refractivity contribution in [3.05, 3.63) is 37.6 Å². The van der Waals surface area contributed by atoms with Crippen LogP contribution in [0, 0.1) is 0 Å². The highest BCUT2D eigenvalue weighted by molar-refractivity contribution is 4.94. The van der Waals surface area contributed by atoms with Crippen LogP contribution in [-0.4, -0.2) is 17.8 Å². The van der Waals surface area contributed by atoms with E-state index in [0.29, 0.717) is 13.0 Å². The molecular formula is C9H14O2. The van der Waals surface area contributed by atoms with Crippen LogP contribution >= 0.6 is 0 Å². The van der Waals surface area contributed by atoms with Gasteiger partial charge in [0, 0.05) is 0 Å². The van der Waals surface area contributed by atoms with Crippen molar-refractivity contribution in [2.45, 2.75) is 12.5 Å². The third-order valence-electron chi connectivity index (χ3n) is 1.17. The maximum Gasteiger partial charge on any atom is 0.117 e. The Hall–Kier alpha value is -1.02. The van der Waals surface area contributed by atoms with Crippen molar-refractivity contribution in [3.63, 3.8) is 0 Å². The van der Waals surface area contributed by atoms with Crippen LogP contribution in [0.1, 0.15) is 6.42 Å². The summed E-state index contributed by atoms with van der Waals surface area (Å²) in [5.74, 6) is 0.0340. The summed E-state index contributed by atoms with van der Waals surface area (Å²) in [4.78, 5) is 0. The zero-order valence-corrected chi connectivity index (χ0v) is 6.62. The Morgan fingerprint density at radius 1 is 1.45 bits per heavy atom. The predicted molar refractivity (Wildman–Crippen MR) is 46.5 cm³/mol. The van der Waals surface area contributed by atoms with Gasteiger partial charge in [0.05, 0.1) is 6.61 Å². The fourth-order valence-corrected chi connectivity index (χ4v) is 0.636. The molecule has 0 rings (SSSR count). The molecule has 0 saturated heterocycles. The summed E-state index contributed by atoms with van der Waals surface area (Å²) in [6.07, 6.45) is 3.53. The molecule has 1 unspecified atom stereocenters. The molecule has 0 aliphatic carbocycles. The lowest BCUT2D eigenvalue weighted by atomic mass is 10.2. The number of ether oxygens (including phenoxy) is 1. The first kappa shape index (κ1) is 9.98. The molecule has 0 spiro atoms. The molecule has 0 aromatic heterocycles. The Labute approximate surface area is 67.5 Å². The summed E-state index contributed by atoms with van der Waals surface area (Å²) in [7, 11) is 0. The van der Waals surface area contributed by atoms with Gasteiger partial charge in [0.2, 0.25) is 0 Å². The molecule has 0 fully saturated rings. The second-order valence-electron chi connectivity index (χ2n) is 2.13. The molecule has 0 radical (unpaired) electrons. The van der Waals surface area contributed by atoms with Crippen molar-refractivity contribution in [1.29, 1.82) is 0 Å². The second kappa shape index (κ2) is 5.74. The third-order valence-corrected chi connectivity index (χ3v) is 1.17. The standard InChI is InChI=1S/C9H14O2/c1-4-6-9(8(3)10)11-7-5-2/h4-5,9-10H,1-3,6-7H2. The molecule has 0 aliphatic rings. The van der Waals surface area contributed by atoms with Gasteiger partial charge in [-0.15, -0.1) is 13.2 Å². The van der Waals surface area contributed by atoms with Crippen LogP contribution in [0.3, 0.4) is 0 Å². The molecule has 0 aliphatic heterocycles. The highest BCUT2D eigenvalue weighted by Crippen LogP contribution is 2.06. The van der Waals surface area contributed by atoms with Crippen molar-refractivity contribution in [3.8, 4) is 0 Å². The van der Waals surface area contributed by atoms with Crippen LogP contribution in [-0.2, 0) is 4.74 Å². The van der Waals surface area contributed by atoms with Crippen LogP contribution in [0.25, 0.3) is 0 Å². The van der Waals surface area contributed by atoms with Crippen LogP contribution < -0.4 is 0 Å². The number of rotatable bonds is 6. The van der Waals surface area contributed by atoms with Crippen molar-refractivity contribution < 1.29 is 9.84 Å². The second-order valence-corrected chi connectivity index (χ2v) is 2.13. The molecule has 1 N–H and O–H groups in total. The average molecular weight is 154 g/mol. The summed E-state index contributed by atoms with van der Waals surface area (Å²) in [6.45, 7) is 10.8. The van der Waals surface area contributed by atoms with Gasteiger partial charge in [0.25, 0.3) is 0 Å². The first-order valence-electron chi connectivity index (χ1n) is 3.43. The van der Waals surface area contributed by atoms with E-state index in [4.69, 9.17) is 9.84 Å². The van der Waals surface area contributed by atoms with E-state index in [1.165, 1.54) is 0 Å². The molecule has 0 saturated carbocycles. The molecule has 1 atom stereocenters. The summed E-state index contributed by atoms with van der Waals surface area (Å²) >= 11 is 0. The van der Waals surface area contributed by atoms with Crippen molar-refractivity contribution in [2.75, 3.05) is 6.61 Å². The van der Waals surface area contributed by atoms with Crippen molar-refractivity contribution in [1.82, 2.24) is 0 Å². The minimum Gasteiger partial charge on any atom is -0.510 e. The van der Waals surface area contributed by atoms with Gasteiger partial charge in [-0.2, -0.15) is 0 Å². The summed E-state index contributed by atoms with van der Waals surface area (Å²) in [6, 6.07) is 0. The number of hydrogen-bond acceptors (Lipinski definition) is 2.